The summed E-state index contributed by atoms with van der Waals surface area (Å²) in [5.74, 6) is 2.20. The van der Waals surface area contributed by atoms with E-state index in [0.29, 0.717) is 11.5 Å². The van der Waals surface area contributed by atoms with Crippen molar-refractivity contribution in [3.63, 3.8) is 0 Å². The summed E-state index contributed by atoms with van der Waals surface area (Å²) in [5, 5.41) is 0. The molecule has 0 aromatic rings. The van der Waals surface area contributed by atoms with Gasteiger partial charge in [0.1, 0.15) is 0 Å². The van der Waals surface area contributed by atoms with Crippen LogP contribution >= 0.6 is 0 Å². The lowest BCUT2D eigenvalue weighted by atomic mass is 10.1. The summed E-state index contributed by atoms with van der Waals surface area (Å²) in [4.78, 5) is 0. The molecule has 2 aliphatic rings. The first-order valence-corrected chi connectivity index (χ1v) is 8.50. The van der Waals surface area contributed by atoms with Gasteiger partial charge in [-0.25, -0.2) is 0 Å². The predicted molar refractivity (Wildman–Crippen MR) is 68.5 cm³/mol. The van der Waals surface area contributed by atoms with Crippen LogP contribution in [0.2, 0.25) is 11.6 Å². The van der Waals surface area contributed by atoms with Gasteiger partial charge in [0.25, 0.3) is 0 Å². The van der Waals surface area contributed by atoms with E-state index < -0.39 is 8.56 Å². The fraction of sp³-hybridized carbons (Fsp3) is 0.846. The molecule has 0 N–H and O–H groups in total. The van der Waals surface area contributed by atoms with Gasteiger partial charge in [-0.15, -0.1) is 0 Å². The molecule has 0 aliphatic heterocycles. The third-order valence-corrected chi connectivity index (χ3v) is 8.79. The Balaban J connectivity index is 2.15. The van der Waals surface area contributed by atoms with Gasteiger partial charge in [0.05, 0.1) is 0 Å². The van der Waals surface area contributed by atoms with Crippen LogP contribution in [0.3, 0.4) is 0 Å². The van der Waals surface area contributed by atoms with Crippen molar-refractivity contribution in [3.8, 4) is 0 Å². The summed E-state index contributed by atoms with van der Waals surface area (Å²) in [6, 6.07) is 1.13. The zero-order chi connectivity index (χ0) is 11.8. The van der Waals surface area contributed by atoms with Gasteiger partial charge in [0, 0.05) is 19.8 Å². The minimum atomic E-state index is -1.98. The second-order valence-corrected chi connectivity index (χ2v) is 9.29. The van der Waals surface area contributed by atoms with Crippen molar-refractivity contribution < 1.29 is 8.85 Å². The van der Waals surface area contributed by atoms with Crippen LogP contribution in [0.15, 0.2) is 12.2 Å². The van der Waals surface area contributed by atoms with Crippen molar-refractivity contribution in [2.24, 2.45) is 17.8 Å². The van der Waals surface area contributed by atoms with E-state index >= 15 is 0 Å². The van der Waals surface area contributed by atoms with Gasteiger partial charge < -0.3 is 8.85 Å². The van der Waals surface area contributed by atoms with Gasteiger partial charge in [-0.1, -0.05) is 26.0 Å². The molecule has 2 rings (SSSR count). The van der Waals surface area contributed by atoms with E-state index in [1.165, 1.54) is 12.8 Å². The number of hydrogen-bond donors (Lipinski definition) is 0. The molecule has 2 aliphatic carbocycles. The molecule has 3 heteroatoms. The molecule has 3 atom stereocenters. The normalized spacial score (nSPS) is 32.9. The SMILES string of the molecule is CO[Si](CC(C)C)(OC)C1CC2C=CC1C2. The van der Waals surface area contributed by atoms with Gasteiger partial charge in [0.15, 0.2) is 0 Å². The maximum absolute atomic E-state index is 5.92. The van der Waals surface area contributed by atoms with E-state index in [1.807, 2.05) is 14.2 Å². The van der Waals surface area contributed by atoms with Gasteiger partial charge in [-0.2, -0.15) is 0 Å². The third-order valence-electron chi connectivity index (χ3n) is 4.23. The Kier molecular flexibility index (Phi) is 3.57. The van der Waals surface area contributed by atoms with E-state index in [-0.39, 0.29) is 0 Å². The zero-order valence-electron chi connectivity index (χ0n) is 10.9. The molecule has 3 unspecified atom stereocenters. The molecule has 1 fully saturated rings. The molecule has 2 nitrogen and oxygen atoms in total. The molecule has 2 bridgehead atoms. The van der Waals surface area contributed by atoms with Crippen molar-refractivity contribution in [2.45, 2.75) is 38.3 Å². The summed E-state index contributed by atoms with van der Waals surface area (Å²) in [5.41, 5.74) is 0.680. The highest BCUT2D eigenvalue weighted by atomic mass is 28.4. The van der Waals surface area contributed by atoms with Crippen LogP contribution < -0.4 is 0 Å². The second kappa shape index (κ2) is 4.63. The average Bonchev–Trinajstić information content (AvgIpc) is 2.87. The molecule has 0 spiro atoms. The number of hydrogen-bond acceptors (Lipinski definition) is 2. The molecule has 0 aromatic heterocycles. The summed E-state index contributed by atoms with van der Waals surface area (Å²) in [6.45, 7) is 4.53. The van der Waals surface area contributed by atoms with Crippen molar-refractivity contribution in [1.82, 2.24) is 0 Å². The Bertz CT molecular complexity index is 271. The van der Waals surface area contributed by atoms with E-state index in [9.17, 15) is 0 Å². The Morgan fingerprint density at radius 3 is 2.25 bits per heavy atom. The summed E-state index contributed by atoms with van der Waals surface area (Å²) in [6.07, 6.45) is 7.42. The molecule has 1 saturated carbocycles. The first-order chi connectivity index (χ1) is 7.61. The molecular weight excluding hydrogens is 216 g/mol. The number of rotatable bonds is 5. The predicted octanol–water partition coefficient (Wildman–Crippen LogP) is 3.34. The van der Waals surface area contributed by atoms with Crippen molar-refractivity contribution in [3.05, 3.63) is 12.2 Å². The highest BCUT2D eigenvalue weighted by Gasteiger charge is 2.53. The molecule has 16 heavy (non-hydrogen) atoms. The second-order valence-electron chi connectivity index (χ2n) is 5.70. The lowest BCUT2D eigenvalue weighted by Crippen LogP contribution is -2.47. The van der Waals surface area contributed by atoms with Crippen LogP contribution in [0.1, 0.15) is 26.7 Å². The minimum absolute atomic E-state index is 0.662. The highest BCUT2D eigenvalue weighted by molar-refractivity contribution is 6.69. The largest absolute Gasteiger partial charge is 0.397 e. The molecule has 0 saturated heterocycles. The van der Waals surface area contributed by atoms with Crippen LogP contribution in [0.4, 0.5) is 0 Å². The fourth-order valence-electron chi connectivity index (χ4n) is 3.56. The fourth-order valence-corrected chi connectivity index (χ4v) is 7.67. The zero-order valence-corrected chi connectivity index (χ0v) is 11.9. The number of fused-ring (bicyclic) bond motifs is 2. The lowest BCUT2D eigenvalue weighted by Gasteiger charge is -2.37. The van der Waals surface area contributed by atoms with Gasteiger partial charge >= 0.3 is 8.56 Å². The van der Waals surface area contributed by atoms with Crippen molar-refractivity contribution in [1.29, 1.82) is 0 Å². The van der Waals surface area contributed by atoms with E-state index in [1.54, 1.807) is 0 Å². The van der Waals surface area contributed by atoms with E-state index in [2.05, 4.69) is 26.0 Å². The van der Waals surface area contributed by atoms with Crippen LogP contribution in [0, 0.1) is 17.8 Å². The monoisotopic (exact) mass is 240 g/mol. The van der Waals surface area contributed by atoms with E-state index in [0.717, 1.165) is 17.9 Å². The molecule has 0 radical (unpaired) electrons. The van der Waals surface area contributed by atoms with E-state index in [4.69, 9.17) is 8.85 Å². The molecule has 0 amide bonds. The topological polar surface area (TPSA) is 18.5 Å². The number of allylic oxidation sites excluding steroid dienone is 2. The van der Waals surface area contributed by atoms with Gasteiger partial charge in [0.2, 0.25) is 0 Å². The van der Waals surface area contributed by atoms with Gasteiger partial charge in [-0.05, 0) is 36.6 Å². The quantitative estimate of drug-likeness (QED) is 0.542. The summed E-state index contributed by atoms with van der Waals surface area (Å²) < 4.78 is 11.8. The first kappa shape index (κ1) is 12.3. The molecule has 0 aromatic carbocycles. The summed E-state index contributed by atoms with van der Waals surface area (Å²) in [7, 11) is 1.73. The molecular formula is C13H24O2Si. The summed E-state index contributed by atoms with van der Waals surface area (Å²) >= 11 is 0. The maximum atomic E-state index is 5.92. The smallest absolute Gasteiger partial charge is 0.341 e. The Labute approximate surface area is 100 Å². The van der Waals surface area contributed by atoms with Gasteiger partial charge in [-0.3, -0.25) is 0 Å². The molecule has 0 heterocycles. The standard InChI is InChI=1S/C13H24O2Si/c1-10(2)9-16(14-3,15-4)13-8-11-5-6-12(13)7-11/h5-6,10-13H,7-9H2,1-4H3. The van der Waals surface area contributed by atoms with Crippen molar-refractivity contribution >= 4 is 8.56 Å². The molecule has 92 valence electrons. The Morgan fingerprint density at radius 1 is 1.19 bits per heavy atom. The highest BCUT2D eigenvalue weighted by Crippen LogP contribution is 2.53. The average molecular weight is 240 g/mol. The van der Waals surface area contributed by atoms with Crippen LogP contribution in [0.25, 0.3) is 0 Å². The van der Waals surface area contributed by atoms with Crippen LogP contribution in [-0.2, 0) is 8.85 Å². The van der Waals surface area contributed by atoms with Crippen LogP contribution in [-0.4, -0.2) is 22.8 Å². The van der Waals surface area contributed by atoms with Crippen LogP contribution in [0.5, 0.6) is 0 Å². The third kappa shape index (κ3) is 2.00. The minimum Gasteiger partial charge on any atom is -0.397 e. The maximum Gasteiger partial charge on any atom is 0.341 e. The van der Waals surface area contributed by atoms with Crippen molar-refractivity contribution in [2.75, 3.05) is 14.2 Å². The lowest BCUT2D eigenvalue weighted by molar-refractivity contribution is 0.216. The Hall–Kier alpha value is -0.123. The first-order valence-electron chi connectivity index (χ1n) is 6.40. The Morgan fingerprint density at radius 2 is 1.88 bits per heavy atom.